The molecule has 0 atom stereocenters. The van der Waals surface area contributed by atoms with Gasteiger partial charge in [0, 0.05) is 6.92 Å². The normalized spacial score (nSPS) is 9.83. The average Bonchev–Trinajstić information content (AvgIpc) is 2.44. The molecule has 0 aliphatic rings. The molecule has 14 nitrogen and oxygen atoms in total. The molecule has 132 valence electrons. The molecule has 0 saturated carbocycles. The number of carbonyl (C=O) groups is 1. The fourth-order valence-electron chi connectivity index (χ4n) is 1.37. The molecule has 23 heavy (non-hydrogen) atoms. The van der Waals surface area contributed by atoms with E-state index in [4.69, 9.17) is 0 Å². The monoisotopic (exact) mass is 338 g/mol. The molecule has 0 N–H and O–H groups in total. The number of rotatable bonds is 12. The summed E-state index contributed by atoms with van der Waals surface area (Å²) in [4.78, 5) is 43.3. The molecule has 0 aliphatic heterocycles. The van der Waals surface area contributed by atoms with Crippen LogP contribution in [0.2, 0.25) is 0 Å². The fraction of sp³-hybridized carbons (Fsp3) is 0.889. The summed E-state index contributed by atoms with van der Waals surface area (Å²) in [5.74, 6) is -0.806. The Hall–Kier alpha value is -2.93. The van der Waals surface area contributed by atoms with Gasteiger partial charge < -0.3 is 4.74 Å². The number of nitrogens with zero attached hydrogens (tertiary/aromatic N) is 6. The van der Waals surface area contributed by atoms with Crippen LogP contribution in [0.3, 0.4) is 0 Å². The summed E-state index contributed by atoms with van der Waals surface area (Å²) >= 11 is 0. The van der Waals surface area contributed by atoms with Crippen LogP contribution in [0.4, 0.5) is 0 Å². The molecule has 0 aromatic heterocycles. The van der Waals surface area contributed by atoms with E-state index in [0.717, 1.165) is 6.92 Å². The second-order valence-electron chi connectivity index (χ2n) is 4.36. The van der Waals surface area contributed by atoms with Crippen molar-refractivity contribution in [3.63, 3.8) is 0 Å². The third-order valence-electron chi connectivity index (χ3n) is 2.53. The summed E-state index contributed by atoms with van der Waals surface area (Å²) < 4.78 is 4.41. The van der Waals surface area contributed by atoms with Crippen LogP contribution in [0.15, 0.2) is 0 Å². The molecule has 0 aliphatic carbocycles. The van der Waals surface area contributed by atoms with Crippen molar-refractivity contribution in [3.05, 3.63) is 30.3 Å². The van der Waals surface area contributed by atoms with Gasteiger partial charge in [0.2, 0.25) is 20.1 Å². The molecule has 0 spiro atoms. The van der Waals surface area contributed by atoms with E-state index < -0.39 is 41.1 Å². The number of unbranched alkanes of at least 4 members (excludes halogenated alkanes) is 1. The van der Waals surface area contributed by atoms with Gasteiger partial charge in [-0.2, -0.15) is 0 Å². The maximum absolute atomic E-state index is 11.0. The van der Waals surface area contributed by atoms with Crippen molar-refractivity contribution in [2.75, 3.05) is 26.6 Å². The molecule has 0 unspecified atom stereocenters. The van der Waals surface area contributed by atoms with Crippen molar-refractivity contribution in [2.45, 2.75) is 26.7 Å². The molecule has 0 saturated heterocycles. The van der Waals surface area contributed by atoms with Gasteiger partial charge in [0.1, 0.15) is 0 Å². The van der Waals surface area contributed by atoms with E-state index in [0.29, 0.717) is 17.9 Å². The highest BCUT2D eigenvalue weighted by molar-refractivity contribution is 5.65. The van der Waals surface area contributed by atoms with Crippen molar-refractivity contribution < 1.29 is 24.6 Å². The van der Waals surface area contributed by atoms with E-state index in [2.05, 4.69) is 4.74 Å². The zero-order chi connectivity index (χ0) is 18.0. The van der Waals surface area contributed by atoms with E-state index >= 15 is 0 Å². The highest BCUT2D eigenvalue weighted by Gasteiger charge is 2.30. The van der Waals surface area contributed by atoms with Gasteiger partial charge in [-0.3, -0.25) is 4.79 Å². The zero-order valence-electron chi connectivity index (χ0n) is 12.7. The van der Waals surface area contributed by atoms with Gasteiger partial charge in [-0.05, 0) is 6.42 Å². The summed E-state index contributed by atoms with van der Waals surface area (Å²) in [6.45, 7) is 0.282. The third-order valence-corrected chi connectivity index (χ3v) is 2.53. The first kappa shape index (κ1) is 20.1. The largest absolute Gasteiger partial charge is 0.439 e. The molecule has 0 radical (unpaired) electrons. The van der Waals surface area contributed by atoms with E-state index in [-0.39, 0.29) is 16.6 Å². The lowest BCUT2D eigenvalue weighted by Crippen LogP contribution is -2.50. The number of carbonyl (C=O) groups excluding carboxylic acids is 1. The minimum Gasteiger partial charge on any atom is -0.439 e. The van der Waals surface area contributed by atoms with Gasteiger partial charge in [0.25, 0.3) is 0 Å². The fourth-order valence-corrected chi connectivity index (χ4v) is 1.37. The van der Waals surface area contributed by atoms with Gasteiger partial charge in [-0.25, -0.2) is 30.3 Å². The van der Waals surface area contributed by atoms with Gasteiger partial charge in [-0.1, -0.05) is 23.4 Å². The van der Waals surface area contributed by atoms with Crippen LogP contribution in [0.25, 0.3) is 0 Å². The Kier molecular flexibility index (Phi) is 8.65. The van der Waals surface area contributed by atoms with Crippen LogP contribution >= 0.6 is 0 Å². The predicted molar refractivity (Wildman–Crippen MR) is 72.6 cm³/mol. The lowest BCUT2D eigenvalue weighted by Gasteiger charge is -2.21. The SMILES string of the molecule is CCCCN(CN(CN(COC(C)=O)[N+](=O)[O-])[N+](=O)[O-])[N+](=O)[O-]. The van der Waals surface area contributed by atoms with Crippen LogP contribution in [0.1, 0.15) is 26.7 Å². The zero-order valence-corrected chi connectivity index (χ0v) is 12.7. The first-order valence-electron chi connectivity index (χ1n) is 6.50. The Morgan fingerprint density at radius 1 is 0.957 bits per heavy atom. The number of hydrazine groups is 3. The summed E-state index contributed by atoms with van der Waals surface area (Å²) in [6, 6.07) is 0. The number of hydrogen-bond donors (Lipinski definition) is 0. The Morgan fingerprint density at radius 2 is 1.43 bits per heavy atom. The average molecular weight is 338 g/mol. The number of ether oxygens (including phenoxy) is 1. The molecule has 0 aromatic carbocycles. The maximum Gasteiger partial charge on any atom is 0.304 e. The predicted octanol–water partition coefficient (Wildman–Crippen LogP) is -0.297. The number of hydrogen-bond acceptors (Lipinski definition) is 8. The van der Waals surface area contributed by atoms with E-state index in [9.17, 15) is 35.1 Å². The van der Waals surface area contributed by atoms with E-state index in [1.54, 1.807) is 6.92 Å². The smallest absolute Gasteiger partial charge is 0.304 e. The van der Waals surface area contributed by atoms with Gasteiger partial charge >= 0.3 is 5.97 Å². The van der Waals surface area contributed by atoms with Crippen molar-refractivity contribution >= 4 is 5.97 Å². The van der Waals surface area contributed by atoms with Gasteiger partial charge in [0.15, 0.2) is 15.1 Å². The Balaban J connectivity index is 4.92. The molecule has 0 fully saturated rings. The first-order chi connectivity index (χ1) is 10.7. The first-order valence-corrected chi connectivity index (χ1v) is 6.50. The third kappa shape index (κ3) is 8.18. The van der Waals surface area contributed by atoms with Gasteiger partial charge in [0.05, 0.1) is 6.54 Å². The number of esters is 1. The second-order valence-corrected chi connectivity index (χ2v) is 4.36. The van der Waals surface area contributed by atoms with E-state index in [1.165, 1.54) is 0 Å². The van der Waals surface area contributed by atoms with Crippen molar-refractivity contribution in [1.29, 1.82) is 0 Å². The summed E-state index contributed by atoms with van der Waals surface area (Å²) in [7, 11) is 0. The minimum atomic E-state index is -0.998. The minimum absolute atomic E-state index is 0.0454. The summed E-state index contributed by atoms with van der Waals surface area (Å²) in [5.41, 5.74) is 0. The van der Waals surface area contributed by atoms with Gasteiger partial charge in [-0.15, -0.1) is 5.01 Å². The molecule has 0 bridgehead atoms. The highest BCUT2D eigenvalue weighted by Crippen LogP contribution is 2.02. The van der Waals surface area contributed by atoms with Crippen LogP contribution in [-0.4, -0.2) is 62.7 Å². The topological polar surface area (TPSA) is 165 Å². The summed E-state index contributed by atoms with van der Waals surface area (Å²) in [6.07, 6.45) is 1.06. The summed E-state index contributed by atoms with van der Waals surface area (Å²) in [5, 5.41) is 30.9. The molecular weight excluding hydrogens is 320 g/mol. The second kappa shape index (κ2) is 9.91. The molecule has 0 aromatic rings. The van der Waals surface area contributed by atoms with E-state index in [1.807, 2.05) is 0 Å². The highest BCUT2D eigenvalue weighted by atomic mass is 16.7. The van der Waals surface area contributed by atoms with Crippen LogP contribution in [0.5, 0.6) is 0 Å². The Morgan fingerprint density at radius 3 is 1.83 bits per heavy atom. The molecule has 0 rings (SSSR count). The molecular formula is C9H18N6O8. The Bertz CT molecular complexity index is 446. The van der Waals surface area contributed by atoms with Crippen LogP contribution < -0.4 is 0 Å². The van der Waals surface area contributed by atoms with Crippen molar-refractivity contribution in [2.24, 2.45) is 0 Å². The lowest BCUT2D eigenvalue weighted by atomic mass is 10.3. The lowest BCUT2D eigenvalue weighted by molar-refractivity contribution is -0.738. The quantitative estimate of drug-likeness (QED) is 0.198. The molecule has 0 heterocycles. The maximum atomic E-state index is 11.0. The van der Waals surface area contributed by atoms with Crippen molar-refractivity contribution in [1.82, 2.24) is 15.0 Å². The standard InChI is InChI=1S/C9H18N6O8/c1-3-4-5-10(13(17)18)6-11(14(19)20)7-12(15(21)22)8-23-9(2)16/h3-8H2,1-2H3. The van der Waals surface area contributed by atoms with Crippen LogP contribution in [-0.2, 0) is 9.53 Å². The number of nitro groups is 3. The van der Waals surface area contributed by atoms with Crippen LogP contribution in [0, 0.1) is 30.3 Å². The van der Waals surface area contributed by atoms with Crippen molar-refractivity contribution in [3.8, 4) is 0 Å². The molecule has 0 amide bonds. The Labute approximate surface area is 130 Å². The molecule has 14 heteroatoms.